The van der Waals surface area contributed by atoms with E-state index in [2.05, 4.69) is 10.3 Å². The largest absolute Gasteiger partial charge is 0.460 e. The highest BCUT2D eigenvalue weighted by atomic mass is 16.5. The van der Waals surface area contributed by atoms with E-state index in [0.29, 0.717) is 5.56 Å². The molecule has 0 fully saturated rings. The van der Waals surface area contributed by atoms with Gasteiger partial charge in [0.15, 0.2) is 0 Å². The van der Waals surface area contributed by atoms with Crippen molar-refractivity contribution < 1.29 is 23.9 Å². The van der Waals surface area contributed by atoms with E-state index in [9.17, 15) is 19.2 Å². The summed E-state index contributed by atoms with van der Waals surface area (Å²) in [5.41, 5.74) is 14.3. The van der Waals surface area contributed by atoms with Crippen LogP contribution in [-0.4, -0.2) is 60.2 Å². The third-order valence-electron chi connectivity index (χ3n) is 8.34. The van der Waals surface area contributed by atoms with Crippen molar-refractivity contribution >= 4 is 51.1 Å². The molecule has 5 aromatic rings. The molecule has 0 aliphatic heterocycles. The van der Waals surface area contributed by atoms with E-state index >= 15 is 0 Å². The van der Waals surface area contributed by atoms with Gasteiger partial charge in [0.1, 0.15) is 12.1 Å². The van der Waals surface area contributed by atoms with Gasteiger partial charge in [0.2, 0.25) is 11.7 Å². The SMILES string of the molecule is CCOC(=O)C(N)=NC(=O)C(Cc1ccc2ccccc2c1)N(C)C(=O)C(Cc1ccc2ccccc2c1)NC(=O)c1cccc(CN)c1. The number of nitrogens with one attached hydrogen (secondary N) is 1. The van der Waals surface area contributed by atoms with Gasteiger partial charge in [0.25, 0.3) is 11.8 Å². The summed E-state index contributed by atoms with van der Waals surface area (Å²) in [6.45, 7) is 1.90. The first-order valence-electron chi connectivity index (χ1n) is 16.0. The van der Waals surface area contributed by atoms with Gasteiger partial charge in [0, 0.05) is 32.0 Å². The summed E-state index contributed by atoms with van der Waals surface area (Å²) in [5.74, 6) is -3.35. The number of carbonyl (C=O) groups is 4. The van der Waals surface area contributed by atoms with E-state index in [-0.39, 0.29) is 26.0 Å². The fourth-order valence-electron chi connectivity index (χ4n) is 5.70. The molecule has 0 bridgehead atoms. The lowest BCUT2D eigenvalue weighted by Crippen LogP contribution is -2.53. The predicted molar refractivity (Wildman–Crippen MR) is 191 cm³/mol. The number of rotatable bonds is 11. The fourth-order valence-corrected chi connectivity index (χ4v) is 5.70. The van der Waals surface area contributed by atoms with Crippen LogP contribution in [-0.2, 0) is 38.5 Å². The molecule has 10 heteroatoms. The molecule has 0 saturated carbocycles. The summed E-state index contributed by atoms with van der Waals surface area (Å²) in [5, 5.41) is 6.89. The summed E-state index contributed by atoms with van der Waals surface area (Å²) >= 11 is 0. The van der Waals surface area contributed by atoms with Gasteiger partial charge in [-0.15, -0.1) is 0 Å². The Kier molecular flexibility index (Phi) is 11.1. The molecule has 0 heterocycles. The minimum absolute atomic E-state index is 0.0481. The number of carbonyl (C=O) groups excluding carboxylic acids is 4. The summed E-state index contributed by atoms with van der Waals surface area (Å²) in [6, 6.07) is 31.8. The Morgan fingerprint density at radius 2 is 1.35 bits per heavy atom. The first-order valence-corrected chi connectivity index (χ1v) is 16.0. The predicted octanol–water partition coefficient (Wildman–Crippen LogP) is 4.31. The Bertz CT molecular complexity index is 2040. The number of likely N-dealkylation sites (N-methyl/N-ethyl adjacent to an activating group) is 1. The molecule has 10 nitrogen and oxygen atoms in total. The quantitative estimate of drug-likeness (QED) is 0.109. The Hall–Kier alpha value is -5.87. The number of fused-ring (bicyclic) bond motifs is 2. The number of aliphatic imine (C=N–C) groups is 1. The first-order chi connectivity index (χ1) is 23.7. The number of amidine groups is 1. The average Bonchev–Trinajstić information content (AvgIpc) is 3.12. The number of amides is 3. The number of hydrogen-bond acceptors (Lipinski definition) is 6. The molecule has 3 amide bonds. The van der Waals surface area contributed by atoms with Crippen LogP contribution in [0, 0.1) is 0 Å². The molecule has 0 aliphatic rings. The number of hydrogen-bond donors (Lipinski definition) is 3. The Morgan fingerprint density at radius 1 is 0.755 bits per heavy atom. The van der Waals surface area contributed by atoms with Crippen molar-refractivity contribution in [2.45, 2.75) is 38.4 Å². The van der Waals surface area contributed by atoms with Gasteiger partial charge in [-0.3, -0.25) is 14.4 Å². The summed E-state index contributed by atoms with van der Waals surface area (Å²) in [6.07, 6.45) is 0.210. The molecule has 5 N–H and O–H groups in total. The fraction of sp³-hybridized carbons (Fsp3) is 0.205. The molecular formula is C39H39N5O5. The number of nitrogens with zero attached hydrogens (tertiary/aromatic N) is 2. The average molecular weight is 658 g/mol. The van der Waals surface area contributed by atoms with E-state index in [1.54, 1.807) is 25.1 Å². The van der Waals surface area contributed by atoms with E-state index in [0.717, 1.165) is 38.2 Å². The Balaban J connectivity index is 1.50. The van der Waals surface area contributed by atoms with E-state index in [4.69, 9.17) is 16.2 Å². The van der Waals surface area contributed by atoms with Crippen molar-refractivity contribution in [2.24, 2.45) is 16.5 Å². The maximum absolute atomic E-state index is 14.4. The molecule has 5 rings (SSSR count). The lowest BCUT2D eigenvalue weighted by Gasteiger charge is -2.30. The molecule has 0 radical (unpaired) electrons. The Labute approximate surface area is 284 Å². The van der Waals surface area contributed by atoms with Gasteiger partial charge in [-0.2, -0.15) is 4.99 Å². The van der Waals surface area contributed by atoms with Gasteiger partial charge in [-0.1, -0.05) is 97.1 Å². The van der Waals surface area contributed by atoms with Gasteiger partial charge in [-0.05, 0) is 57.3 Å². The molecule has 0 aromatic heterocycles. The zero-order valence-electron chi connectivity index (χ0n) is 27.5. The van der Waals surface area contributed by atoms with E-state index in [1.165, 1.54) is 11.9 Å². The van der Waals surface area contributed by atoms with Crippen LogP contribution in [0.3, 0.4) is 0 Å². The third-order valence-corrected chi connectivity index (χ3v) is 8.34. The zero-order chi connectivity index (χ0) is 34.9. The standard InChI is InChI=1S/C39H39N5O5/c1-3-49-39(48)35(41)43-37(46)34(23-26-16-18-29-11-5-7-13-31(29)20-26)44(2)38(47)33(42-36(45)32-14-8-9-27(21-32)24-40)22-25-15-17-28-10-4-6-12-30(28)19-25/h4-21,33-34H,3,22-24,40H2,1-2H3,(H,42,45)(H2,41,43,46). The summed E-state index contributed by atoms with van der Waals surface area (Å²) in [7, 11) is 1.48. The minimum Gasteiger partial charge on any atom is -0.460 e. The van der Waals surface area contributed by atoms with Crippen molar-refractivity contribution in [1.29, 1.82) is 0 Å². The molecule has 250 valence electrons. The van der Waals surface area contributed by atoms with Crippen molar-refractivity contribution in [3.05, 3.63) is 131 Å². The van der Waals surface area contributed by atoms with Crippen molar-refractivity contribution in [1.82, 2.24) is 10.2 Å². The molecule has 2 unspecified atom stereocenters. The molecule has 0 aliphatic carbocycles. The highest BCUT2D eigenvalue weighted by Crippen LogP contribution is 2.21. The summed E-state index contributed by atoms with van der Waals surface area (Å²) < 4.78 is 4.91. The third kappa shape index (κ3) is 8.54. The van der Waals surface area contributed by atoms with Gasteiger partial charge >= 0.3 is 5.97 Å². The van der Waals surface area contributed by atoms with Crippen LogP contribution in [0.1, 0.15) is 34.0 Å². The topological polar surface area (TPSA) is 157 Å². The lowest BCUT2D eigenvalue weighted by atomic mass is 9.98. The smallest absolute Gasteiger partial charge is 0.373 e. The van der Waals surface area contributed by atoms with Gasteiger partial charge in [-0.25, -0.2) is 4.79 Å². The summed E-state index contributed by atoms with van der Waals surface area (Å²) in [4.78, 5) is 59.1. The second-order valence-corrected chi connectivity index (χ2v) is 11.7. The van der Waals surface area contributed by atoms with Crippen molar-refractivity contribution in [2.75, 3.05) is 13.7 Å². The minimum atomic E-state index is -1.17. The second-order valence-electron chi connectivity index (χ2n) is 11.7. The van der Waals surface area contributed by atoms with E-state index in [1.807, 2.05) is 91.0 Å². The van der Waals surface area contributed by atoms with Crippen LogP contribution in [0.25, 0.3) is 21.5 Å². The maximum Gasteiger partial charge on any atom is 0.373 e. The van der Waals surface area contributed by atoms with Crippen LogP contribution in [0.15, 0.2) is 114 Å². The second kappa shape index (κ2) is 15.8. The molecule has 2 atom stereocenters. The first kappa shape index (κ1) is 34.5. The number of nitrogens with two attached hydrogens (primary N) is 2. The molecule has 0 saturated heterocycles. The highest BCUT2D eigenvalue weighted by Gasteiger charge is 2.33. The van der Waals surface area contributed by atoms with Crippen LogP contribution in [0.2, 0.25) is 0 Å². The van der Waals surface area contributed by atoms with Crippen LogP contribution in [0.5, 0.6) is 0 Å². The molecule has 5 aromatic carbocycles. The Morgan fingerprint density at radius 3 is 1.94 bits per heavy atom. The molecule has 49 heavy (non-hydrogen) atoms. The van der Waals surface area contributed by atoms with Crippen LogP contribution >= 0.6 is 0 Å². The van der Waals surface area contributed by atoms with E-state index < -0.39 is 41.6 Å². The monoisotopic (exact) mass is 657 g/mol. The molecular weight excluding hydrogens is 618 g/mol. The number of esters is 1. The number of ether oxygens (including phenoxy) is 1. The normalized spacial score (nSPS) is 12.7. The zero-order valence-corrected chi connectivity index (χ0v) is 27.5. The van der Waals surface area contributed by atoms with Crippen molar-refractivity contribution in [3.8, 4) is 0 Å². The number of benzene rings is 5. The highest BCUT2D eigenvalue weighted by molar-refractivity contribution is 6.36. The van der Waals surface area contributed by atoms with Crippen LogP contribution in [0.4, 0.5) is 0 Å². The lowest BCUT2D eigenvalue weighted by molar-refractivity contribution is -0.139. The molecule has 0 spiro atoms. The van der Waals surface area contributed by atoms with Crippen molar-refractivity contribution in [3.63, 3.8) is 0 Å². The van der Waals surface area contributed by atoms with Gasteiger partial charge in [0.05, 0.1) is 6.61 Å². The van der Waals surface area contributed by atoms with Gasteiger partial charge < -0.3 is 26.4 Å². The maximum atomic E-state index is 14.4. The van der Waals surface area contributed by atoms with Crippen LogP contribution < -0.4 is 16.8 Å².